The van der Waals surface area contributed by atoms with Crippen LogP contribution in [0.1, 0.15) is 22.9 Å². The number of hydrogen-bond donors (Lipinski definition) is 1. The summed E-state index contributed by atoms with van der Waals surface area (Å²) < 4.78 is 25.5. The summed E-state index contributed by atoms with van der Waals surface area (Å²) in [6, 6.07) is 15.3. The van der Waals surface area contributed by atoms with Gasteiger partial charge in [0.25, 0.3) is 5.56 Å². The molecule has 7 nitrogen and oxygen atoms in total. The SMILES string of the molecule is COCCn1c(C)cc(O)c(C(c2ccc(OC)cc2)N2CCN(c3ccc(F)cc3)CC2)c1=O. The first kappa shape index (κ1) is 24.8. The molecule has 1 atom stereocenters. The Morgan fingerprint density at radius 3 is 2.26 bits per heavy atom. The fourth-order valence-corrected chi connectivity index (χ4v) is 4.72. The van der Waals surface area contributed by atoms with Crippen molar-refractivity contribution in [3.05, 3.63) is 87.6 Å². The first-order chi connectivity index (χ1) is 16.9. The smallest absolute Gasteiger partial charge is 0.259 e. The summed E-state index contributed by atoms with van der Waals surface area (Å²) in [5, 5.41) is 11.0. The molecule has 1 fully saturated rings. The van der Waals surface area contributed by atoms with Gasteiger partial charge in [0.15, 0.2) is 0 Å². The van der Waals surface area contributed by atoms with Crippen LogP contribution in [-0.4, -0.2) is 61.6 Å². The molecule has 0 saturated carbocycles. The number of nitrogens with zero attached hydrogens (tertiary/aromatic N) is 3. The molecule has 1 N–H and O–H groups in total. The molecule has 0 amide bonds. The van der Waals surface area contributed by atoms with Crippen LogP contribution >= 0.6 is 0 Å². The molecule has 186 valence electrons. The molecule has 1 aromatic heterocycles. The number of aryl methyl sites for hydroxylation is 1. The van der Waals surface area contributed by atoms with Crippen molar-refractivity contribution in [1.82, 2.24) is 9.47 Å². The number of aromatic nitrogens is 1. The van der Waals surface area contributed by atoms with Gasteiger partial charge in [0.05, 0.1) is 25.3 Å². The second kappa shape index (κ2) is 10.9. The lowest BCUT2D eigenvalue weighted by atomic mass is 9.95. The quantitative estimate of drug-likeness (QED) is 0.531. The molecule has 0 bridgehead atoms. The fourth-order valence-electron chi connectivity index (χ4n) is 4.72. The van der Waals surface area contributed by atoms with Crippen LogP contribution in [0.4, 0.5) is 10.1 Å². The van der Waals surface area contributed by atoms with Gasteiger partial charge in [0, 0.05) is 51.2 Å². The van der Waals surface area contributed by atoms with E-state index in [1.165, 1.54) is 12.1 Å². The lowest BCUT2D eigenvalue weighted by molar-refractivity contribution is 0.183. The van der Waals surface area contributed by atoms with Gasteiger partial charge >= 0.3 is 0 Å². The van der Waals surface area contributed by atoms with E-state index in [2.05, 4.69) is 9.80 Å². The summed E-state index contributed by atoms with van der Waals surface area (Å²) in [7, 11) is 3.21. The second-order valence-electron chi connectivity index (χ2n) is 8.71. The number of rotatable bonds is 8. The van der Waals surface area contributed by atoms with E-state index in [1.54, 1.807) is 37.0 Å². The largest absolute Gasteiger partial charge is 0.507 e. The minimum Gasteiger partial charge on any atom is -0.507 e. The minimum atomic E-state index is -0.432. The number of aromatic hydroxyl groups is 1. The number of methoxy groups -OCH3 is 2. The summed E-state index contributed by atoms with van der Waals surface area (Å²) in [6.07, 6.45) is 0. The molecule has 1 unspecified atom stereocenters. The molecule has 0 radical (unpaired) electrons. The van der Waals surface area contributed by atoms with Crippen molar-refractivity contribution in [2.45, 2.75) is 19.5 Å². The zero-order valence-corrected chi connectivity index (χ0v) is 20.4. The van der Waals surface area contributed by atoms with Gasteiger partial charge in [0.2, 0.25) is 0 Å². The lowest BCUT2D eigenvalue weighted by Crippen LogP contribution is -2.49. The Bertz CT molecular complexity index is 1190. The van der Waals surface area contributed by atoms with Crippen molar-refractivity contribution in [3.63, 3.8) is 0 Å². The summed E-state index contributed by atoms with van der Waals surface area (Å²) in [4.78, 5) is 18.1. The van der Waals surface area contributed by atoms with E-state index in [1.807, 2.05) is 31.2 Å². The van der Waals surface area contributed by atoms with E-state index in [4.69, 9.17) is 9.47 Å². The Balaban J connectivity index is 1.70. The summed E-state index contributed by atoms with van der Waals surface area (Å²) in [5.41, 5.74) is 2.68. The van der Waals surface area contributed by atoms with E-state index < -0.39 is 6.04 Å². The zero-order chi connectivity index (χ0) is 24.9. The Labute approximate surface area is 204 Å². The molecular weight excluding hydrogens is 449 g/mol. The Kier molecular flexibility index (Phi) is 7.73. The van der Waals surface area contributed by atoms with Gasteiger partial charge in [-0.2, -0.15) is 0 Å². The molecule has 8 heteroatoms. The highest BCUT2D eigenvalue weighted by Crippen LogP contribution is 2.34. The van der Waals surface area contributed by atoms with E-state index >= 15 is 0 Å². The number of ether oxygens (including phenoxy) is 2. The third kappa shape index (κ3) is 5.33. The van der Waals surface area contributed by atoms with Crippen LogP contribution in [0.5, 0.6) is 11.5 Å². The van der Waals surface area contributed by atoms with Gasteiger partial charge in [-0.3, -0.25) is 9.69 Å². The van der Waals surface area contributed by atoms with Crippen LogP contribution in [0.2, 0.25) is 0 Å². The second-order valence-corrected chi connectivity index (χ2v) is 8.71. The van der Waals surface area contributed by atoms with Crippen molar-refractivity contribution in [2.24, 2.45) is 0 Å². The molecule has 2 heterocycles. The highest BCUT2D eigenvalue weighted by atomic mass is 19.1. The lowest BCUT2D eigenvalue weighted by Gasteiger charge is -2.40. The van der Waals surface area contributed by atoms with Crippen molar-refractivity contribution >= 4 is 5.69 Å². The van der Waals surface area contributed by atoms with Crippen molar-refractivity contribution in [1.29, 1.82) is 0 Å². The number of hydrogen-bond acceptors (Lipinski definition) is 6. The number of piperazine rings is 1. The topological polar surface area (TPSA) is 67.2 Å². The predicted molar refractivity (Wildman–Crippen MR) is 134 cm³/mol. The molecule has 2 aromatic carbocycles. The third-order valence-electron chi connectivity index (χ3n) is 6.62. The van der Waals surface area contributed by atoms with Gasteiger partial charge in [-0.15, -0.1) is 0 Å². The van der Waals surface area contributed by atoms with Crippen LogP contribution in [0.25, 0.3) is 0 Å². The van der Waals surface area contributed by atoms with Crippen molar-refractivity contribution in [3.8, 4) is 11.5 Å². The maximum absolute atomic E-state index is 13.7. The Morgan fingerprint density at radius 1 is 1.00 bits per heavy atom. The number of anilines is 1. The Hall–Kier alpha value is -3.36. The normalized spacial score (nSPS) is 15.3. The highest BCUT2D eigenvalue weighted by molar-refractivity contribution is 5.47. The number of benzene rings is 2. The van der Waals surface area contributed by atoms with Crippen LogP contribution in [-0.2, 0) is 11.3 Å². The first-order valence-corrected chi connectivity index (χ1v) is 11.7. The maximum Gasteiger partial charge on any atom is 0.259 e. The average Bonchev–Trinajstić information content (AvgIpc) is 2.87. The molecule has 35 heavy (non-hydrogen) atoms. The van der Waals surface area contributed by atoms with E-state index in [9.17, 15) is 14.3 Å². The molecule has 3 aromatic rings. The van der Waals surface area contributed by atoms with E-state index in [-0.39, 0.29) is 17.1 Å². The molecule has 1 saturated heterocycles. The Morgan fingerprint density at radius 2 is 1.66 bits per heavy atom. The van der Waals surface area contributed by atoms with Gasteiger partial charge in [-0.05, 0) is 55.0 Å². The molecule has 0 aliphatic carbocycles. The fraction of sp³-hybridized carbons (Fsp3) is 0.370. The molecule has 0 spiro atoms. The highest BCUT2D eigenvalue weighted by Gasteiger charge is 2.31. The van der Waals surface area contributed by atoms with Gasteiger partial charge < -0.3 is 24.0 Å². The van der Waals surface area contributed by atoms with Gasteiger partial charge in [0.1, 0.15) is 17.3 Å². The van der Waals surface area contributed by atoms with Crippen molar-refractivity contribution < 1.29 is 19.0 Å². The third-order valence-corrected chi connectivity index (χ3v) is 6.62. The van der Waals surface area contributed by atoms with Crippen LogP contribution in [0, 0.1) is 12.7 Å². The summed E-state index contributed by atoms with van der Waals surface area (Å²) in [5.74, 6) is 0.453. The van der Waals surface area contributed by atoms with Crippen LogP contribution < -0.4 is 15.2 Å². The summed E-state index contributed by atoms with van der Waals surface area (Å²) in [6.45, 7) is 5.37. The van der Waals surface area contributed by atoms with Crippen LogP contribution in [0.3, 0.4) is 0 Å². The van der Waals surface area contributed by atoms with Gasteiger partial charge in [-0.25, -0.2) is 4.39 Å². The summed E-state index contributed by atoms with van der Waals surface area (Å²) >= 11 is 0. The number of pyridine rings is 1. The van der Waals surface area contributed by atoms with E-state index in [0.717, 1.165) is 17.0 Å². The predicted octanol–water partition coefficient (Wildman–Crippen LogP) is 3.57. The van der Waals surface area contributed by atoms with Crippen molar-refractivity contribution in [2.75, 3.05) is 51.9 Å². The molecule has 1 aliphatic rings. The van der Waals surface area contributed by atoms with Gasteiger partial charge in [-0.1, -0.05) is 12.1 Å². The number of halogens is 1. The molecular formula is C27H32FN3O4. The maximum atomic E-state index is 13.7. The first-order valence-electron chi connectivity index (χ1n) is 11.7. The average molecular weight is 482 g/mol. The molecule has 1 aliphatic heterocycles. The van der Waals surface area contributed by atoms with E-state index in [0.29, 0.717) is 50.6 Å². The monoisotopic (exact) mass is 481 g/mol. The minimum absolute atomic E-state index is 0.0112. The zero-order valence-electron chi connectivity index (χ0n) is 20.4. The molecule has 4 rings (SSSR count). The standard InChI is InChI=1S/C27H32FN3O4/c1-19-18-24(32)25(27(33)31(19)16-17-34-2)26(20-4-10-23(35-3)11-5-20)30-14-12-29(13-15-30)22-8-6-21(28)7-9-22/h4-11,18,26,32H,12-17H2,1-3H3. The van der Waals surface area contributed by atoms with Crippen LogP contribution in [0.15, 0.2) is 59.4 Å².